The first-order valence-corrected chi connectivity index (χ1v) is 13.1. The number of likely N-dealkylation sites (tertiary alicyclic amines) is 1. The van der Waals surface area contributed by atoms with Crippen LogP contribution in [0.4, 0.5) is 22.7 Å². The number of anilines is 3. The minimum absolute atomic E-state index is 0.155. The predicted octanol–water partition coefficient (Wildman–Crippen LogP) is 5.43. The lowest BCUT2D eigenvalue weighted by Crippen LogP contribution is -2.33. The highest BCUT2D eigenvalue weighted by Gasteiger charge is 2.15. The standard InChI is InChI=1S/C30H38N6O2/c1-20-8-7-9-21(2)28(20)23-18-26(31)29(27(19-23)33-22(3)37)35-30(32)34-24-10-12-25(13-11-24)38-17-16-36-14-5-4-6-15-36/h7-13,18-19H,4-6,14-17,31H2,1-3H3,(H,33,37)(H3,32,34,35). The van der Waals surface area contributed by atoms with Gasteiger partial charge in [0.05, 0.1) is 11.4 Å². The van der Waals surface area contributed by atoms with E-state index in [1.807, 2.05) is 42.5 Å². The fourth-order valence-electron chi connectivity index (χ4n) is 4.89. The molecule has 0 saturated carbocycles. The van der Waals surface area contributed by atoms with Crippen LogP contribution in [0.1, 0.15) is 37.3 Å². The summed E-state index contributed by atoms with van der Waals surface area (Å²) in [6.45, 7) is 9.48. The summed E-state index contributed by atoms with van der Waals surface area (Å²) in [5, 5.41) is 5.95. The molecule has 8 nitrogen and oxygen atoms in total. The highest BCUT2D eigenvalue weighted by molar-refractivity contribution is 6.01. The van der Waals surface area contributed by atoms with E-state index >= 15 is 0 Å². The number of piperidine rings is 1. The van der Waals surface area contributed by atoms with Crippen LogP contribution in [0.5, 0.6) is 5.75 Å². The molecule has 3 aromatic carbocycles. The number of aryl methyl sites for hydroxylation is 2. The van der Waals surface area contributed by atoms with Crippen molar-refractivity contribution in [3.05, 3.63) is 65.7 Å². The Morgan fingerprint density at radius 1 is 1.00 bits per heavy atom. The number of hydrogen-bond acceptors (Lipinski definition) is 5. The zero-order valence-corrected chi connectivity index (χ0v) is 22.5. The molecule has 3 aromatic rings. The second-order valence-electron chi connectivity index (χ2n) is 9.81. The normalized spacial score (nSPS) is 14.2. The van der Waals surface area contributed by atoms with E-state index < -0.39 is 0 Å². The monoisotopic (exact) mass is 514 g/mol. The first kappa shape index (κ1) is 27.0. The van der Waals surface area contributed by atoms with Crippen LogP contribution in [0.3, 0.4) is 0 Å². The number of aliphatic imine (C=N–C) groups is 1. The zero-order chi connectivity index (χ0) is 27.1. The number of ether oxygens (including phenoxy) is 1. The van der Waals surface area contributed by atoms with Crippen LogP contribution in [-0.2, 0) is 4.79 Å². The van der Waals surface area contributed by atoms with Gasteiger partial charge >= 0.3 is 0 Å². The molecule has 4 rings (SSSR count). The van der Waals surface area contributed by atoms with E-state index in [2.05, 4.69) is 46.5 Å². The lowest BCUT2D eigenvalue weighted by molar-refractivity contribution is -0.114. The molecule has 8 heteroatoms. The summed E-state index contributed by atoms with van der Waals surface area (Å²) in [4.78, 5) is 18.9. The Morgan fingerprint density at radius 2 is 1.68 bits per heavy atom. The molecular weight excluding hydrogens is 476 g/mol. The van der Waals surface area contributed by atoms with Gasteiger partial charge in [0.25, 0.3) is 0 Å². The molecule has 0 spiro atoms. The number of benzene rings is 3. The Balaban J connectivity index is 1.47. The van der Waals surface area contributed by atoms with Crippen LogP contribution in [0.25, 0.3) is 11.1 Å². The number of carbonyl (C=O) groups is 1. The van der Waals surface area contributed by atoms with Crippen molar-refractivity contribution in [1.29, 1.82) is 0 Å². The summed E-state index contributed by atoms with van der Waals surface area (Å²) >= 11 is 0. The van der Waals surface area contributed by atoms with Crippen molar-refractivity contribution < 1.29 is 9.53 Å². The van der Waals surface area contributed by atoms with E-state index in [0.717, 1.165) is 53.3 Å². The van der Waals surface area contributed by atoms with Gasteiger partial charge in [0, 0.05) is 19.2 Å². The largest absolute Gasteiger partial charge is 0.492 e. The third-order valence-electron chi connectivity index (χ3n) is 6.70. The summed E-state index contributed by atoms with van der Waals surface area (Å²) in [5.74, 6) is 0.742. The molecule has 0 radical (unpaired) electrons. The highest BCUT2D eigenvalue weighted by Crippen LogP contribution is 2.39. The first-order chi connectivity index (χ1) is 18.3. The number of carbonyl (C=O) groups excluding carboxylic acids is 1. The van der Waals surface area contributed by atoms with Gasteiger partial charge in [-0.05, 0) is 98.4 Å². The fraction of sp³-hybridized carbons (Fsp3) is 0.333. The molecule has 38 heavy (non-hydrogen) atoms. The molecule has 0 aromatic heterocycles. The zero-order valence-electron chi connectivity index (χ0n) is 22.5. The van der Waals surface area contributed by atoms with Crippen molar-refractivity contribution in [2.45, 2.75) is 40.0 Å². The van der Waals surface area contributed by atoms with E-state index in [1.54, 1.807) is 0 Å². The van der Waals surface area contributed by atoms with Gasteiger partial charge in [0.2, 0.25) is 5.91 Å². The minimum Gasteiger partial charge on any atom is -0.492 e. The number of guanidine groups is 1. The van der Waals surface area contributed by atoms with E-state index in [4.69, 9.17) is 16.2 Å². The quantitative estimate of drug-likeness (QED) is 0.181. The van der Waals surface area contributed by atoms with E-state index in [-0.39, 0.29) is 11.9 Å². The van der Waals surface area contributed by atoms with Crippen molar-refractivity contribution in [2.75, 3.05) is 42.6 Å². The van der Waals surface area contributed by atoms with Gasteiger partial charge in [-0.3, -0.25) is 9.69 Å². The molecule has 0 aliphatic carbocycles. The second kappa shape index (κ2) is 12.5. The molecular formula is C30H38N6O2. The predicted molar refractivity (Wildman–Crippen MR) is 157 cm³/mol. The van der Waals surface area contributed by atoms with Gasteiger partial charge in [-0.1, -0.05) is 24.6 Å². The summed E-state index contributed by atoms with van der Waals surface area (Å²) in [5.41, 5.74) is 19.0. The molecule has 1 saturated heterocycles. The number of nitrogen functional groups attached to an aromatic ring is 1. The van der Waals surface area contributed by atoms with Crippen molar-refractivity contribution >= 4 is 34.6 Å². The Kier molecular flexibility index (Phi) is 8.86. The number of rotatable bonds is 8. The minimum atomic E-state index is -0.220. The smallest absolute Gasteiger partial charge is 0.221 e. The molecule has 200 valence electrons. The van der Waals surface area contributed by atoms with E-state index in [0.29, 0.717) is 23.7 Å². The molecule has 0 atom stereocenters. The SMILES string of the molecule is CC(=O)Nc1cc(-c2c(C)cccc2C)cc(N)c1N=C(N)Nc1ccc(OCCN2CCCCC2)cc1. The highest BCUT2D eigenvalue weighted by atomic mass is 16.5. The van der Waals surface area contributed by atoms with Crippen molar-refractivity contribution in [3.63, 3.8) is 0 Å². The molecule has 1 amide bonds. The Hall–Kier alpha value is -4.04. The van der Waals surface area contributed by atoms with Gasteiger partial charge in [0.1, 0.15) is 18.0 Å². The summed E-state index contributed by atoms with van der Waals surface area (Å²) in [7, 11) is 0. The van der Waals surface area contributed by atoms with E-state index in [1.165, 1.54) is 26.2 Å². The number of amides is 1. The molecule has 1 aliphatic heterocycles. The number of nitrogens with two attached hydrogens (primary N) is 2. The number of nitrogens with zero attached hydrogens (tertiary/aromatic N) is 2. The van der Waals surface area contributed by atoms with Gasteiger partial charge in [-0.2, -0.15) is 0 Å². The van der Waals surface area contributed by atoms with Crippen LogP contribution in [0.15, 0.2) is 59.6 Å². The van der Waals surface area contributed by atoms with Crippen LogP contribution in [-0.4, -0.2) is 43.0 Å². The Bertz CT molecular complexity index is 1280. The summed E-state index contributed by atoms with van der Waals surface area (Å²) in [6.07, 6.45) is 3.88. The van der Waals surface area contributed by atoms with Crippen LogP contribution in [0, 0.1) is 13.8 Å². The molecule has 1 heterocycles. The Labute approximate surface area is 225 Å². The van der Waals surface area contributed by atoms with Gasteiger partial charge in [-0.25, -0.2) is 4.99 Å². The molecule has 0 bridgehead atoms. The van der Waals surface area contributed by atoms with Gasteiger partial charge < -0.3 is 26.8 Å². The van der Waals surface area contributed by atoms with Crippen LogP contribution in [0.2, 0.25) is 0 Å². The van der Waals surface area contributed by atoms with Crippen molar-refractivity contribution in [1.82, 2.24) is 4.90 Å². The number of hydrogen-bond donors (Lipinski definition) is 4. The van der Waals surface area contributed by atoms with Gasteiger partial charge in [0.15, 0.2) is 5.96 Å². The second-order valence-corrected chi connectivity index (χ2v) is 9.81. The molecule has 1 fully saturated rings. The Morgan fingerprint density at radius 3 is 2.34 bits per heavy atom. The average Bonchev–Trinajstić information content (AvgIpc) is 2.87. The van der Waals surface area contributed by atoms with Crippen molar-refractivity contribution in [2.24, 2.45) is 10.7 Å². The van der Waals surface area contributed by atoms with Crippen LogP contribution >= 0.6 is 0 Å². The van der Waals surface area contributed by atoms with Gasteiger partial charge in [-0.15, -0.1) is 0 Å². The fourth-order valence-corrected chi connectivity index (χ4v) is 4.89. The average molecular weight is 515 g/mol. The third-order valence-corrected chi connectivity index (χ3v) is 6.70. The van der Waals surface area contributed by atoms with Crippen molar-refractivity contribution in [3.8, 4) is 16.9 Å². The number of nitrogens with one attached hydrogen (secondary N) is 2. The molecule has 6 N–H and O–H groups in total. The summed E-state index contributed by atoms with van der Waals surface area (Å²) < 4.78 is 5.91. The van der Waals surface area contributed by atoms with E-state index in [9.17, 15) is 4.79 Å². The third kappa shape index (κ3) is 7.04. The maximum absolute atomic E-state index is 12.0. The maximum atomic E-state index is 12.0. The topological polar surface area (TPSA) is 118 Å². The first-order valence-electron chi connectivity index (χ1n) is 13.1. The lowest BCUT2D eigenvalue weighted by Gasteiger charge is -2.26. The summed E-state index contributed by atoms with van der Waals surface area (Å²) in [6, 6.07) is 17.5. The maximum Gasteiger partial charge on any atom is 0.221 e. The lowest BCUT2D eigenvalue weighted by atomic mass is 9.94. The molecule has 0 unspecified atom stereocenters. The molecule has 1 aliphatic rings. The van der Waals surface area contributed by atoms with Crippen LogP contribution < -0.4 is 26.8 Å².